The predicted octanol–water partition coefficient (Wildman–Crippen LogP) is 6.45. The van der Waals surface area contributed by atoms with Crippen molar-refractivity contribution in [1.29, 1.82) is 0 Å². The van der Waals surface area contributed by atoms with Crippen molar-refractivity contribution >= 4 is 5.57 Å². The molecule has 0 atom stereocenters. The number of hydrogen-bond acceptors (Lipinski definition) is 0. The van der Waals surface area contributed by atoms with Crippen molar-refractivity contribution in [2.75, 3.05) is 0 Å². The van der Waals surface area contributed by atoms with Gasteiger partial charge in [-0.25, -0.2) is 0 Å². The molecule has 0 saturated heterocycles. The van der Waals surface area contributed by atoms with E-state index in [4.69, 9.17) is 0 Å². The van der Waals surface area contributed by atoms with Crippen LogP contribution < -0.4 is 0 Å². The molecule has 0 heterocycles. The highest BCUT2D eigenvalue weighted by molar-refractivity contribution is 5.89. The zero-order chi connectivity index (χ0) is 17.2. The summed E-state index contributed by atoms with van der Waals surface area (Å²) >= 11 is 0. The molecule has 121 valence electrons. The second-order valence-corrected chi connectivity index (χ2v) is 6.59. The Hall–Kier alpha value is -2.86. The largest absolute Gasteiger partial charge is 0.0622 e. The van der Waals surface area contributed by atoms with E-state index in [1.807, 2.05) is 0 Å². The molecule has 2 aliphatic rings. The Morgan fingerprint density at radius 2 is 1.44 bits per heavy atom. The summed E-state index contributed by atoms with van der Waals surface area (Å²) in [5, 5.41) is 0. The third-order valence-corrected chi connectivity index (χ3v) is 4.90. The fraction of sp³-hybridized carbons (Fsp3) is 0.120. The lowest BCUT2D eigenvalue weighted by Gasteiger charge is -2.17. The van der Waals surface area contributed by atoms with Crippen molar-refractivity contribution in [1.82, 2.24) is 0 Å². The monoisotopic (exact) mass is 321 g/mol. The van der Waals surface area contributed by atoms with Crippen LogP contribution in [0.15, 0.2) is 107 Å². The van der Waals surface area contributed by atoms with Gasteiger partial charge >= 0.3 is 0 Å². The molecular weight excluding hydrogens is 300 g/mol. The first-order valence-corrected chi connectivity index (χ1v) is 8.77. The highest BCUT2D eigenvalue weighted by atomic mass is 14.3. The number of hydrogen-bond donors (Lipinski definition) is 0. The minimum absolute atomic E-state index is 0.942. The number of allylic oxidation sites excluding steroid dienone is 9. The van der Waals surface area contributed by atoms with Gasteiger partial charge in [0.15, 0.2) is 0 Å². The third-order valence-electron chi connectivity index (χ3n) is 4.90. The van der Waals surface area contributed by atoms with E-state index in [-0.39, 0.29) is 0 Å². The van der Waals surface area contributed by atoms with Gasteiger partial charge in [-0.1, -0.05) is 84.5 Å². The first-order valence-electron chi connectivity index (χ1n) is 8.77. The van der Waals surface area contributed by atoms with E-state index < -0.39 is 0 Å². The topological polar surface area (TPSA) is 0 Å². The summed E-state index contributed by atoms with van der Waals surface area (Å²) in [4.78, 5) is 0. The molecular formula is C25H21. The molecule has 0 saturated carbocycles. The molecule has 0 nitrogen and oxygen atoms in total. The van der Waals surface area contributed by atoms with Gasteiger partial charge < -0.3 is 0 Å². The summed E-state index contributed by atoms with van der Waals surface area (Å²) in [6.45, 7) is 4.40. The minimum Gasteiger partial charge on any atom is -0.0622 e. The van der Waals surface area contributed by atoms with Crippen LogP contribution in [0.5, 0.6) is 0 Å². The first-order chi connectivity index (χ1) is 12.3. The molecule has 4 rings (SSSR count). The second kappa shape index (κ2) is 6.57. The van der Waals surface area contributed by atoms with Gasteiger partial charge in [0.1, 0.15) is 0 Å². The lowest BCUT2D eigenvalue weighted by atomic mass is 9.86. The summed E-state index contributed by atoms with van der Waals surface area (Å²) in [5.74, 6) is 0. The Kier molecular flexibility index (Phi) is 4.11. The van der Waals surface area contributed by atoms with E-state index in [9.17, 15) is 0 Å². The van der Waals surface area contributed by atoms with Crippen LogP contribution in [0.1, 0.15) is 31.4 Å². The van der Waals surface area contributed by atoms with Crippen LogP contribution in [-0.2, 0) is 0 Å². The molecule has 1 radical (unpaired) electrons. The van der Waals surface area contributed by atoms with Gasteiger partial charge in [-0.3, -0.25) is 0 Å². The zero-order valence-electron chi connectivity index (χ0n) is 14.7. The van der Waals surface area contributed by atoms with E-state index in [1.54, 1.807) is 0 Å². The van der Waals surface area contributed by atoms with E-state index in [1.165, 1.54) is 44.6 Å². The van der Waals surface area contributed by atoms with Crippen LogP contribution >= 0.6 is 0 Å². The van der Waals surface area contributed by atoms with Gasteiger partial charge in [0.05, 0.1) is 0 Å². The molecule has 0 heteroatoms. The molecule has 2 aromatic carbocycles. The van der Waals surface area contributed by atoms with Crippen LogP contribution in [0.4, 0.5) is 0 Å². The Balaban J connectivity index is 1.95. The highest BCUT2D eigenvalue weighted by Crippen LogP contribution is 2.41. The Labute approximate surface area is 150 Å². The van der Waals surface area contributed by atoms with Crippen molar-refractivity contribution in [3.05, 3.63) is 124 Å². The molecule has 0 bridgehead atoms. The fourth-order valence-electron chi connectivity index (χ4n) is 3.74. The van der Waals surface area contributed by atoms with Crippen LogP contribution in [0.25, 0.3) is 5.57 Å². The molecule has 0 spiro atoms. The average Bonchev–Trinajstić information content (AvgIpc) is 3.23. The minimum atomic E-state index is 0.942. The number of rotatable bonds is 3. The predicted molar refractivity (Wildman–Crippen MR) is 106 cm³/mol. The zero-order valence-corrected chi connectivity index (χ0v) is 14.7. The van der Waals surface area contributed by atoms with Crippen molar-refractivity contribution < 1.29 is 0 Å². The van der Waals surface area contributed by atoms with E-state index >= 15 is 0 Å². The van der Waals surface area contributed by atoms with E-state index in [2.05, 4.69) is 98.8 Å². The smallest absolute Gasteiger partial charge is 0.00326 e. The van der Waals surface area contributed by atoms with Gasteiger partial charge in [-0.15, -0.1) is 0 Å². The maximum Gasteiger partial charge on any atom is -0.00326 e. The van der Waals surface area contributed by atoms with Gasteiger partial charge in [-0.2, -0.15) is 0 Å². The molecule has 0 amide bonds. The molecule has 2 aromatic rings. The van der Waals surface area contributed by atoms with Crippen molar-refractivity contribution in [3.63, 3.8) is 0 Å². The first kappa shape index (κ1) is 15.7. The Morgan fingerprint density at radius 1 is 0.840 bits per heavy atom. The Morgan fingerprint density at radius 3 is 1.96 bits per heavy atom. The molecule has 2 aliphatic carbocycles. The second-order valence-electron chi connectivity index (χ2n) is 6.59. The van der Waals surface area contributed by atoms with Crippen LogP contribution in [0, 0.1) is 6.08 Å². The fourth-order valence-corrected chi connectivity index (χ4v) is 3.74. The summed E-state index contributed by atoms with van der Waals surface area (Å²) in [5.41, 5.74) is 10.5. The Bertz CT molecular complexity index is 904. The highest BCUT2D eigenvalue weighted by Gasteiger charge is 2.23. The van der Waals surface area contributed by atoms with Gasteiger partial charge in [-0.05, 0) is 65.3 Å². The SMILES string of the molecule is CC1=[C]CC(C)=C1C1=CC=CC1=C(c1ccccc1)c1ccccc1. The maximum absolute atomic E-state index is 3.49. The standard InChI is InChI=1S/C25H21/c1-18-16-17-19(2)24(18)22-14-9-15-23(22)25(20-10-5-3-6-11-20)21-12-7-4-8-13-21/h3-15H,16H2,1-2H3. The lowest BCUT2D eigenvalue weighted by Crippen LogP contribution is -1.98. The molecule has 0 aromatic heterocycles. The summed E-state index contributed by atoms with van der Waals surface area (Å²) in [6.07, 6.45) is 11.1. The average molecular weight is 321 g/mol. The van der Waals surface area contributed by atoms with Crippen LogP contribution in [0.2, 0.25) is 0 Å². The van der Waals surface area contributed by atoms with Gasteiger partial charge in [0.2, 0.25) is 0 Å². The summed E-state index contributed by atoms with van der Waals surface area (Å²) in [6, 6.07) is 21.4. The van der Waals surface area contributed by atoms with Crippen molar-refractivity contribution in [2.24, 2.45) is 0 Å². The third kappa shape index (κ3) is 2.85. The van der Waals surface area contributed by atoms with Gasteiger partial charge in [0, 0.05) is 0 Å². The lowest BCUT2D eigenvalue weighted by molar-refractivity contribution is 1.20. The number of benzene rings is 2. The van der Waals surface area contributed by atoms with Crippen LogP contribution in [-0.4, -0.2) is 0 Å². The molecule has 25 heavy (non-hydrogen) atoms. The van der Waals surface area contributed by atoms with Crippen LogP contribution in [0.3, 0.4) is 0 Å². The maximum atomic E-state index is 3.49. The van der Waals surface area contributed by atoms with Crippen molar-refractivity contribution in [2.45, 2.75) is 20.3 Å². The normalized spacial score (nSPS) is 16.3. The van der Waals surface area contributed by atoms with E-state index in [0.717, 1.165) is 6.42 Å². The summed E-state index contributed by atoms with van der Waals surface area (Å²) < 4.78 is 0. The van der Waals surface area contributed by atoms with Gasteiger partial charge in [0.25, 0.3) is 0 Å². The summed E-state index contributed by atoms with van der Waals surface area (Å²) in [7, 11) is 0. The quantitative estimate of drug-likeness (QED) is 0.609. The molecule has 0 aliphatic heterocycles. The van der Waals surface area contributed by atoms with Crippen molar-refractivity contribution in [3.8, 4) is 0 Å². The molecule has 0 fully saturated rings. The molecule has 0 N–H and O–H groups in total. The molecule has 0 unspecified atom stereocenters. The van der Waals surface area contributed by atoms with E-state index in [0.29, 0.717) is 0 Å².